The van der Waals surface area contributed by atoms with Gasteiger partial charge in [0.25, 0.3) is 0 Å². The van der Waals surface area contributed by atoms with Crippen LogP contribution < -0.4 is 5.73 Å². The van der Waals surface area contributed by atoms with Gasteiger partial charge in [-0.05, 0) is 31.4 Å². The molecular weight excluding hydrogens is 220 g/mol. The number of hydrogen-bond acceptors (Lipinski definition) is 3. The number of nitrogens with zero attached hydrogens (tertiary/aromatic N) is 1. The first-order chi connectivity index (χ1) is 7.56. The van der Waals surface area contributed by atoms with Crippen molar-refractivity contribution in [2.45, 2.75) is 39.4 Å². The first-order valence-electron chi connectivity index (χ1n) is 5.61. The molecule has 0 fully saturated rings. The quantitative estimate of drug-likeness (QED) is 0.859. The van der Waals surface area contributed by atoms with E-state index in [4.69, 9.17) is 5.73 Å². The topological polar surface area (TPSA) is 56.0 Å². The van der Waals surface area contributed by atoms with Crippen molar-refractivity contribution in [2.75, 3.05) is 11.5 Å². The normalized spacial score (nSPS) is 12.7. The molecule has 2 N–H and O–H groups in total. The Morgan fingerprint density at radius 3 is 2.75 bits per heavy atom. The summed E-state index contributed by atoms with van der Waals surface area (Å²) in [5.74, 6) is 1.28. The fourth-order valence-electron chi connectivity index (χ4n) is 1.47. The maximum atomic E-state index is 11.8. The molecule has 1 aromatic rings. The average Bonchev–Trinajstić information content (AvgIpc) is 2.27. The smallest absolute Gasteiger partial charge is 0.0662 e. The Hall–Kier alpha value is -0.900. The summed E-state index contributed by atoms with van der Waals surface area (Å²) in [5, 5.41) is 0. The average molecular weight is 240 g/mol. The zero-order valence-corrected chi connectivity index (χ0v) is 11.1. The highest BCUT2D eigenvalue weighted by Crippen LogP contribution is 2.19. The zero-order chi connectivity index (χ0) is 12.1. The molecule has 1 rings (SSSR count). The molecule has 16 heavy (non-hydrogen) atoms. The van der Waals surface area contributed by atoms with Gasteiger partial charge in [0.15, 0.2) is 0 Å². The van der Waals surface area contributed by atoms with Gasteiger partial charge in [-0.15, -0.1) is 0 Å². The molecule has 0 radical (unpaired) electrons. The number of anilines is 1. The predicted octanol–water partition coefficient (Wildman–Crippen LogP) is 2.33. The van der Waals surface area contributed by atoms with Crippen molar-refractivity contribution < 1.29 is 4.21 Å². The van der Waals surface area contributed by atoms with Gasteiger partial charge < -0.3 is 5.73 Å². The van der Waals surface area contributed by atoms with Crippen molar-refractivity contribution in [1.29, 1.82) is 0 Å². The minimum atomic E-state index is -0.814. The van der Waals surface area contributed by atoms with Gasteiger partial charge in [-0.1, -0.05) is 13.3 Å². The van der Waals surface area contributed by atoms with Crippen LogP contribution >= 0.6 is 0 Å². The van der Waals surface area contributed by atoms with Gasteiger partial charge in [-0.3, -0.25) is 9.19 Å². The van der Waals surface area contributed by atoms with Crippen molar-refractivity contribution >= 4 is 16.5 Å². The summed E-state index contributed by atoms with van der Waals surface area (Å²) in [4.78, 5) is 4.31. The Labute approximate surface area is 99.9 Å². The van der Waals surface area contributed by atoms with Crippen LogP contribution in [0.1, 0.15) is 36.6 Å². The van der Waals surface area contributed by atoms with E-state index in [0.29, 0.717) is 5.75 Å². The number of unbranched alkanes of at least 4 members (excludes halogenated alkanes) is 1. The summed E-state index contributed by atoms with van der Waals surface area (Å²) < 4.78 is 11.8. The monoisotopic (exact) mass is 240 g/mol. The van der Waals surface area contributed by atoms with E-state index in [1.165, 1.54) is 0 Å². The van der Waals surface area contributed by atoms with Crippen LogP contribution in [0, 0.1) is 13.8 Å². The molecule has 1 heterocycles. The molecular formula is C12H20N2OS. The molecule has 0 amide bonds. The van der Waals surface area contributed by atoms with Crippen molar-refractivity contribution in [3.63, 3.8) is 0 Å². The highest BCUT2D eigenvalue weighted by Gasteiger charge is 2.09. The fourth-order valence-corrected chi connectivity index (χ4v) is 2.82. The Morgan fingerprint density at radius 2 is 2.12 bits per heavy atom. The van der Waals surface area contributed by atoms with Gasteiger partial charge in [0, 0.05) is 28.4 Å². The molecule has 4 heteroatoms. The molecule has 1 aromatic heterocycles. The maximum absolute atomic E-state index is 11.8. The summed E-state index contributed by atoms with van der Waals surface area (Å²) in [6, 6.07) is 0. The molecule has 3 nitrogen and oxygen atoms in total. The predicted molar refractivity (Wildman–Crippen MR) is 69.7 cm³/mol. The first-order valence-corrected chi connectivity index (χ1v) is 7.10. The minimum absolute atomic E-state index is 0.524. The second-order valence-corrected chi connectivity index (χ2v) is 5.64. The first kappa shape index (κ1) is 13.2. The van der Waals surface area contributed by atoms with E-state index >= 15 is 0 Å². The van der Waals surface area contributed by atoms with Gasteiger partial charge in [0.1, 0.15) is 0 Å². The molecule has 0 aliphatic rings. The minimum Gasteiger partial charge on any atom is -0.398 e. The molecule has 0 spiro atoms. The zero-order valence-electron chi connectivity index (χ0n) is 10.2. The number of aromatic nitrogens is 1. The number of nitrogen functional groups attached to an aromatic ring is 1. The highest BCUT2D eigenvalue weighted by atomic mass is 32.2. The van der Waals surface area contributed by atoms with E-state index in [2.05, 4.69) is 11.9 Å². The van der Waals surface area contributed by atoms with E-state index < -0.39 is 10.8 Å². The third-order valence-electron chi connectivity index (χ3n) is 2.70. The summed E-state index contributed by atoms with van der Waals surface area (Å²) in [5.41, 5.74) is 9.53. The Balaban J connectivity index is 2.74. The summed E-state index contributed by atoms with van der Waals surface area (Å²) >= 11 is 0. The van der Waals surface area contributed by atoms with Crippen molar-refractivity contribution in [2.24, 2.45) is 0 Å². The summed E-state index contributed by atoms with van der Waals surface area (Å²) in [7, 11) is -0.814. The third-order valence-corrected chi connectivity index (χ3v) is 4.04. The van der Waals surface area contributed by atoms with Crippen LogP contribution in [0.15, 0.2) is 6.20 Å². The van der Waals surface area contributed by atoms with Gasteiger partial charge in [-0.2, -0.15) is 0 Å². The van der Waals surface area contributed by atoms with E-state index in [-0.39, 0.29) is 0 Å². The summed E-state index contributed by atoms with van der Waals surface area (Å²) in [6.07, 6.45) is 3.84. The number of pyridine rings is 1. The van der Waals surface area contributed by atoms with Crippen molar-refractivity contribution in [3.05, 3.63) is 23.0 Å². The molecule has 0 aromatic carbocycles. The van der Waals surface area contributed by atoms with Crippen molar-refractivity contribution in [3.8, 4) is 0 Å². The molecule has 0 aliphatic heterocycles. The Kier molecular flexibility index (Phi) is 4.93. The SMILES string of the molecule is CCCCS(=O)Cc1ncc(C)c(N)c1C. The lowest BCUT2D eigenvalue weighted by Crippen LogP contribution is -2.07. The highest BCUT2D eigenvalue weighted by molar-refractivity contribution is 7.84. The second-order valence-electron chi connectivity index (χ2n) is 4.07. The lowest BCUT2D eigenvalue weighted by atomic mass is 10.1. The van der Waals surface area contributed by atoms with Crippen LogP contribution in [0.2, 0.25) is 0 Å². The fraction of sp³-hybridized carbons (Fsp3) is 0.583. The van der Waals surface area contributed by atoms with Crippen LogP contribution in [0.3, 0.4) is 0 Å². The molecule has 0 aliphatic carbocycles. The molecule has 0 bridgehead atoms. The standard InChI is InChI=1S/C12H20N2OS/c1-4-5-6-16(15)8-11-10(3)12(13)9(2)7-14-11/h7H,4-6,8H2,1-3H3,(H2,13,14). The van der Waals surface area contributed by atoms with Gasteiger partial charge in [-0.25, -0.2) is 0 Å². The Morgan fingerprint density at radius 1 is 1.44 bits per heavy atom. The van der Waals surface area contributed by atoms with Crippen LogP contribution in [0.4, 0.5) is 5.69 Å². The van der Waals surface area contributed by atoms with Crippen LogP contribution in [0.25, 0.3) is 0 Å². The lowest BCUT2D eigenvalue weighted by Gasteiger charge is -2.09. The van der Waals surface area contributed by atoms with Gasteiger partial charge in [0.05, 0.1) is 11.4 Å². The van der Waals surface area contributed by atoms with Gasteiger partial charge >= 0.3 is 0 Å². The van der Waals surface area contributed by atoms with E-state index in [1.54, 1.807) is 6.20 Å². The number of nitrogens with two attached hydrogens (primary N) is 1. The van der Waals surface area contributed by atoms with E-state index in [9.17, 15) is 4.21 Å². The summed E-state index contributed by atoms with van der Waals surface area (Å²) in [6.45, 7) is 5.99. The van der Waals surface area contributed by atoms with E-state index in [0.717, 1.165) is 41.1 Å². The van der Waals surface area contributed by atoms with Crippen molar-refractivity contribution in [1.82, 2.24) is 4.98 Å². The number of hydrogen-bond donors (Lipinski definition) is 1. The van der Waals surface area contributed by atoms with E-state index in [1.807, 2.05) is 13.8 Å². The van der Waals surface area contributed by atoms with Crippen LogP contribution in [-0.2, 0) is 16.6 Å². The number of rotatable bonds is 5. The second kappa shape index (κ2) is 5.99. The molecule has 1 atom stereocenters. The Bertz CT molecular complexity index is 391. The van der Waals surface area contributed by atoms with Crippen LogP contribution in [0.5, 0.6) is 0 Å². The maximum Gasteiger partial charge on any atom is 0.0662 e. The van der Waals surface area contributed by atoms with Gasteiger partial charge in [0.2, 0.25) is 0 Å². The molecule has 1 unspecified atom stereocenters. The largest absolute Gasteiger partial charge is 0.398 e. The molecule has 0 saturated heterocycles. The van der Waals surface area contributed by atoms with Crippen LogP contribution in [-0.4, -0.2) is 14.9 Å². The third kappa shape index (κ3) is 3.30. The molecule has 0 saturated carbocycles. The lowest BCUT2D eigenvalue weighted by molar-refractivity contribution is 0.678. The molecule has 90 valence electrons. The number of aryl methyl sites for hydroxylation is 1.